The lowest BCUT2D eigenvalue weighted by Gasteiger charge is -2.37. The third kappa shape index (κ3) is 3.94. The predicted molar refractivity (Wildman–Crippen MR) is 78.0 cm³/mol. The molecule has 0 bridgehead atoms. The van der Waals surface area contributed by atoms with Gasteiger partial charge in [0.15, 0.2) is 0 Å². The van der Waals surface area contributed by atoms with E-state index < -0.39 is 0 Å². The summed E-state index contributed by atoms with van der Waals surface area (Å²) in [6, 6.07) is 1.63. The minimum Gasteiger partial charge on any atom is -0.315 e. The molecule has 1 N–H and O–H groups in total. The SMILES string of the molecule is CCN(CCC1CCCCN1C)C1CCCNC1. The average molecular weight is 253 g/mol. The predicted octanol–water partition coefficient (Wildman–Crippen LogP) is 1.93. The van der Waals surface area contributed by atoms with Gasteiger partial charge in [0.1, 0.15) is 0 Å². The molecule has 2 atom stereocenters. The number of nitrogens with one attached hydrogen (secondary N) is 1. The summed E-state index contributed by atoms with van der Waals surface area (Å²) in [7, 11) is 2.31. The van der Waals surface area contributed by atoms with Crippen molar-refractivity contribution in [2.24, 2.45) is 0 Å². The number of likely N-dealkylation sites (N-methyl/N-ethyl adjacent to an activating group) is 1. The molecule has 2 aliphatic rings. The van der Waals surface area contributed by atoms with E-state index in [0.29, 0.717) is 0 Å². The van der Waals surface area contributed by atoms with Crippen molar-refractivity contribution in [1.82, 2.24) is 15.1 Å². The van der Waals surface area contributed by atoms with Gasteiger partial charge in [0, 0.05) is 18.6 Å². The lowest BCUT2D eigenvalue weighted by Crippen LogP contribution is -2.47. The highest BCUT2D eigenvalue weighted by atomic mass is 15.2. The summed E-state index contributed by atoms with van der Waals surface area (Å²) in [5.41, 5.74) is 0. The molecule has 2 aliphatic heterocycles. The molecule has 3 nitrogen and oxygen atoms in total. The van der Waals surface area contributed by atoms with Crippen LogP contribution in [0.3, 0.4) is 0 Å². The molecule has 2 fully saturated rings. The van der Waals surface area contributed by atoms with E-state index in [4.69, 9.17) is 0 Å². The molecule has 0 amide bonds. The van der Waals surface area contributed by atoms with Crippen molar-refractivity contribution in [3.05, 3.63) is 0 Å². The second-order valence-electron chi connectivity index (χ2n) is 6.05. The van der Waals surface area contributed by atoms with Gasteiger partial charge >= 0.3 is 0 Å². The summed E-state index contributed by atoms with van der Waals surface area (Å²) in [4.78, 5) is 5.28. The van der Waals surface area contributed by atoms with Crippen molar-refractivity contribution in [3.63, 3.8) is 0 Å². The first-order valence-corrected chi connectivity index (χ1v) is 7.96. The maximum Gasteiger partial charge on any atom is 0.0221 e. The Kier molecular flexibility index (Phi) is 5.93. The van der Waals surface area contributed by atoms with E-state index in [0.717, 1.165) is 12.1 Å². The maximum absolute atomic E-state index is 3.54. The lowest BCUT2D eigenvalue weighted by molar-refractivity contribution is 0.127. The van der Waals surface area contributed by atoms with Crippen LogP contribution in [0.4, 0.5) is 0 Å². The van der Waals surface area contributed by atoms with Crippen LogP contribution in [-0.4, -0.2) is 61.7 Å². The Morgan fingerprint density at radius 2 is 2.11 bits per heavy atom. The molecule has 18 heavy (non-hydrogen) atoms. The van der Waals surface area contributed by atoms with Crippen LogP contribution in [0, 0.1) is 0 Å². The topological polar surface area (TPSA) is 18.5 Å². The zero-order valence-corrected chi connectivity index (χ0v) is 12.3. The van der Waals surface area contributed by atoms with E-state index in [2.05, 4.69) is 29.1 Å². The normalized spacial score (nSPS) is 30.8. The van der Waals surface area contributed by atoms with Gasteiger partial charge in [0.05, 0.1) is 0 Å². The standard InChI is InChI=1S/C15H31N3/c1-3-18(15-8-6-10-16-13-15)12-9-14-7-4-5-11-17(14)2/h14-16H,3-13H2,1-2H3. The average Bonchev–Trinajstić information content (AvgIpc) is 2.42. The Balaban J connectivity index is 1.75. The van der Waals surface area contributed by atoms with Gasteiger partial charge in [-0.25, -0.2) is 0 Å². The molecule has 106 valence electrons. The van der Waals surface area contributed by atoms with E-state index in [1.54, 1.807) is 0 Å². The molecule has 0 spiro atoms. The van der Waals surface area contributed by atoms with Crippen LogP contribution in [0.1, 0.15) is 45.4 Å². The number of hydrogen-bond acceptors (Lipinski definition) is 3. The number of hydrogen-bond donors (Lipinski definition) is 1. The van der Waals surface area contributed by atoms with Crippen LogP contribution < -0.4 is 5.32 Å². The third-order valence-corrected chi connectivity index (χ3v) is 4.86. The molecular weight excluding hydrogens is 222 g/mol. The van der Waals surface area contributed by atoms with Crippen molar-refractivity contribution in [1.29, 1.82) is 0 Å². The van der Waals surface area contributed by atoms with Crippen LogP contribution in [-0.2, 0) is 0 Å². The second kappa shape index (κ2) is 7.46. The zero-order chi connectivity index (χ0) is 12.8. The van der Waals surface area contributed by atoms with Gasteiger partial charge in [-0.15, -0.1) is 0 Å². The van der Waals surface area contributed by atoms with Gasteiger partial charge < -0.3 is 10.2 Å². The highest BCUT2D eigenvalue weighted by Crippen LogP contribution is 2.19. The van der Waals surface area contributed by atoms with E-state index in [-0.39, 0.29) is 0 Å². The monoisotopic (exact) mass is 253 g/mol. The molecule has 0 aromatic rings. The Labute approximate surface area is 113 Å². The Morgan fingerprint density at radius 3 is 2.78 bits per heavy atom. The second-order valence-corrected chi connectivity index (χ2v) is 6.05. The van der Waals surface area contributed by atoms with Gasteiger partial charge in [0.2, 0.25) is 0 Å². The molecule has 2 heterocycles. The third-order valence-electron chi connectivity index (χ3n) is 4.86. The Morgan fingerprint density at radius 1 is 1.22 bits per heavy atom. The zero-order valence-electron chi connectivity index (χ0n) is 12.3. The van der Waals surface area contributed by atoms with E-state index >= 15 is 0 Å². The smallest absolute Gasteiger partial charge is 0.0221 e. The fourth-order valence-electron chi connectivity index (χ4n) is 3.57. The highest BCUT2D eigenvalue weighted by molar-refractivity contribution is 4.81. The van der Waals surface area contributed by atoms with Crippen LogP contribution in [0.25, 0.3) is 0 Å². The highest BCUT2D eigenvalue weighted by Gasteiger charge is 2.23. The summed E-state index contributed by atoms with van der Waals surface area (Å²) >= 11 is 0. The van der Waals surface area contributed by atoms with Crippen LogP contribution in [0.5, 0.6) is 0 Å². The molecular formula is C15H31N3. The molecule has 3 heteroatoms. The Hall–Kier alpha value is -0.120. The quantitative estimate of drug-likeness (QED) is 0.808. The van der Waals surface area contributed by atoms with E-state index in [1.165, 1.54) is 71.2 Å². The first-order valence-electron chi connectivity index (χ1n) is 7.96. The molecule has 0 saturated carbocycles. The van der Waals surface area contributed by atoms with Crippen molar-refractivity contribution < 1.29 is 0 Å². The fraction of sp³-hybridized carbons (Fsp3) is 1.00. The molecule has 2 saturated heterocycles. The van der Waals surface area contributed by atoms with Gasteiger partial charge in [-0.3, -0.25) is 4.90 Å². The van der Waals surface area contributed by atoms with Gasteiger partial charge in [-0.2, -0.15) is 0 Å². The summed E-state index contributed by atoms with van der Waals surface area (Å²) in [5, 5.41) is 3.54. The molecule has 0 aromatic heterocycles. The number of nitrogens with zero attached hydrogens (tertiary/aromatic N) is 2. The van der Waals surface area contributed by atoms with Crippen LogP contribution in [0.15, 0.2) is 0 Å². The molecule has 0 aromatic carbocycles. The van der Waals surface area contributed by atoms with Gasteiger partial charge in [-0.1, -0.05) is 13.3 Å². The van der Waals surface area contributed by atoms with Crippen molar-refractivity contribution >= 4 is 0 Å². The van der Waals surface area contributed by atoms with E-state index in [9.17, 15) is 0 Å². The Bertz CT molecular complexity index is 226. The molecule has 0 radical (unpaired) electrons. The summed E-state index contributed by atoms with van der Waals surface area (Å²) in [6.45, 7) is 8.55. The maximum atomic E-state index is 3.54. The summed E-state index contributed by atoms with van der Waals surface area (Å²) in [5.74, 6) is 0. The van der Waals surface area contributed by atoms with Crippen molar-refractivity contribution in [3.8, 4) is 0 Å². The van der Waals surface area contributed by atoms with Crippen LogP contribution in [0.2, 0.25) is 0 Å². The van der Waals surface area contributed by atoms with Crippen molar-refractivity contribution in [2.75, 3.05) is 39.8 Å². The lowest BCUT2D eigenvalue weighted by atomic mass is 9.99. The number of rotatable bonds is 5. The minimum atomic E-state index is 0.789. The molecule has 2 unspecified atom stereocenters. The van der Waals surface area contributed by atoms with Crippen LogP contribution >= 0.6 is 0 Å². The first-order chi connectivity index (χ1) is 8.81. The largest absolute Gasteiger partial charge is 0.315 e. The summed E-state index contributed by atoms with van der Waals surface area (Å²) < 4.78 is 0. The first kappa shape index (κ1) is 14.3. The van der Waals surface area contributed by atoms with Gasteiger partial charge in [-0.05, 0) is 65.3 Å². The fourth-order valence-corrected chi connectivity index (χ4v) is 3.57. The number of piperidine rings is 2. The van der Waals surface area contributed by atoms with Crippen molar-refractivity contribution in [2.45, 2.75) is 57.5 Å². The number of likely N-dealkylation sites (tertiary alicyclic amines) is 1. The molecule has 0 aliphatic carbocycles. The minimum absolute atomic E-state index is 0.789. The van der Waals surface area contributed by atoms with E-state index in [1.807, 2.05) is 0 Å². The van der Waals surface area contributed by atoms with Gasteiger partial charge in [0.25, 0.3) is 0 Å². The molecule has 2 rings (SSSR count). The summed E-state index contributed by atoms with van der Waals surface area (Å²) in [6.07, 6.45) is 8.35.